The maximum atomic E-state index is 12.8. The first kappa shape index (κ1) is 21.7. The smallest absolute Gasteiger partial charge is 0.253 e. The van der Waals surface area contributed by atoms with Crippen molar-refractivity contribution in [1.29, 1.82) is 0 Å². The van der Waals surface area contributed by atoms with Crippen molar-refractivity contribution in [3.8, 4) is 11.5 Å². The SMILES string of the molecule is Cl.NCCNC(=O)C1CCCN(C(=O)c2ccc(Oc3ccccc3)cc2)C1. The summed E-state index contributed by atoms with van der Waals surface area (Å²) >= 11 is 0. The van der Waals surface area contributed by atoms with Gasteiger partial charge in [-0.05, 0) is 49.2 Å². The number of rotatable bonds is 6. The van der Waals surface area contributed by atoms with E-state index < -0.39 is 0 Å². The lowest BCUT2D eigenvalue weighted by molar-refractivity contribution is -0.126. The van der Waals surface area contributed by atoms with Gasteiger partial charge < -0.3 is 20.7 Å². The van der Waals surface area contributed by atoms with Crippen molar-refractivity contribution >= 4 is 24.2 Å². The van der Waals surface area contributed by atoms with Crippen LogP contribution in [0.25, 0.3) is 0 Å². The molecule has 28 heavy (non-hydrogen) atoms. The molecule has 1 heterocycles. The highest BCUT2D eigenvalue weighted by molar-refractivity contribution is 5.94. The molecule has 1 saturated heterocycles. The van der Waals surface area contributed by atoms with E-state index in [1.165, 1.54) is 0 Å². The molecule has 3 rings (SSSR count). The predicted molar refractivity (Wildman–Crippen MR) is 111 cm³/mol. The molecule has 0 saturated carbocycles. The Balaban J connectivity index is 0.00000280. The van der Waals surface area contributed by atoms with Gasteiger partial charge in [0.25, 0.3) is 5.91 Å². The van der Waals surface area contributed by atoms with Crippen LogP contribution in [0.2, 0.25) is 0 Å². The first-order chi connectivity index (χ1) is 13.2. The van der Waals surface area contributed by atoms with E-state index in [2.05, 4.69) is 5.32 Å². The van der Waals surface area contributed by atoms with Gasteiger partial charge in [-0.2, -0.15) is 0 Å². The molecule has 1 fully saturated rings. The number of amides is 2. The van der Waals surface area contributed by atoms with Crippen molar-refractivity contribution in [2.75, 3.05) is 26.2 Å². The second-order valence-corrected chi connectivity index (χ2v) is 6.61. The highest BCUT2D eigenvalue weighted by atomic mass is 35.5. The number of ether oxygens (including phenoxy) is 1. The number of nitrogens with zero attached hydrogens (tertiary/aromatic N) is 1. The third kappa shape index (κ3) is 5.71. The van der Waals surface area contributed by atoms with E-state index in [1.807, 2.05) is 30.3 Å². The number of hydrogen-bond acceptors (Lipinski definition) is 4. The molecule has 0 aliphatic carbocycles. The average Bonchev–Trinajstić information content (AvgIpc) is 2.73. The molecular weight excluding hydrogens is 378 g/mol. The molecule has 1 aliphatic heterocycles. The summed E-state index contributed by atoms with van der Waals surface area (Å²) in [5.74, 6) is 1.17. The van der Waals surface area contributed by atoms with Crippen LogP contribution in [0.4, 0.5) is 0 Å². The molecule has 0 radical (unpaired) electrons. The summed E-state index contributed by atoms with van der Waals surface area (Å²) in [5.41, 5.74) is 6.02. The highest BCUT2D eigenvalue weighted by Gasteiger charge is 2.28. The van der Waals surface area contributed by atoms with Gasteiger partial charge in [0.1, 0.15) is 11.5 Å². The third-order valence-corrected chi connectivity index (χ3v) is 4.60. The Morgan fingerprint density at radius 2 is 1.75 bits per heavy atom. The number of para-hydroxylation sites is 1. The average molecular weight is 404 g/mol. The van der Waals surface area contributed by atoms with Crippen LogP contribution in [-0.4, -0.2) is 42.9 Å². The summed E-state index contributed by atoms with van der Waals surface area (Å²) in [7, 11) is 0. The lowest BCUT2D eigenvalue weighted by Crippen LogP contribution is -2.46. The number of nitrogens with one attached hydrogen (secondary N) is 1. The number of carbonyl (C=O) groups is 2. The topological polar surface area (TPSA) is 84.7 Å². The minimum atomic E-state index is -0.171. The van der Waals surface area contributed by atoms with Crippen molar-refractivity contribution in [3.63, 3.8) is 0 Å². The molecule has 0 aromatic heterocycles. The van der Waals surface area contributed by atoms with Gasteiger partial charge in [0.2, 0.25) is 5.91 Å². The summed E-state index contributed by atoms with van der Waals surface area (Å²) in [6.45, 7) is 1.99. The van der Waals surface area contributed by atoms with Gasteiger partial charge in [0.15, 0.2) is 0 Å². The van der Waals surface area contributed by atoms with Crippen molar-refractivity contribution in [2.24, 2.45) is 11.7 Å². The Morgan fingerprint density at radius 1 is 1.07 bits per heavy atom. The molecular formula is C21H26ClN3O3. The summed E-state index contributed by atoms with van der Waals surface area (Å²) in [5, 5.41) is 2.81. The Labute approximate surface area is 171 Å². The number of likely N-dealkylation sites (tertiary alicyclic amines) is 1. The molecule has 1 unspecified atom stereocenters. The van der Waals surface area contributed by atoms with E-state index >= 15 is 0 Å². The fourth-order valence-electron chi connectivity index (χ4n) is 3.19. The molecule has 2 amide bonds. The summed E-state index contributed by atoms with van der Waals surface area (Å²) in [4.78, 5) is 26.7. The van der Waals surface area contributed by atoms with Crippen LogP contribution < -0.4 is 15.8 Å². The van der Waals surface area contributed by atoms with E-state index in [0.29, 0.717) is 37.5 Å². The molecule has 1 aliphatic rings. The number of carbonyl (C=O) groups excluding carboxylic acids is 2. The van der Waals surface area contributed by atoms with Crippen LogP contribution in [0.5, 0.6) is 11.5 Å². The fourth-order valence-corrected chi connectivity index (χ4v) is 3.19. The van der Waals surface area contributed by atoms with E-state index in [0.717, 1.165) is 18.6 Å². The van der Waals surface area contributed by atoms with Gasteiger partial charge in [0.05, 0.1) is 5.92 Å². The quantitative estimate of drug-likeness (QED) is 0.776. The molecule has 6 nitrogen and oxygen atoms in total. The summed E-state index contributed by atoms with van der Waals surface area (Å²) in [6.07, 6.45) is 1.62. The second kappa shape index (κ2) is 10.7. The first-order valence-corrected chi connectivity index (χ1v) is 9.27. The Morgan fingerprint density at radius 3 is 2.43 bits per heavy atom. The molecule has 0 bridgehead atoms. The zero-order chi connectivity index (χ0) is 19.1. The molecule has 150 valence electrons. The molecule has 1 atom stereocenters. The van der Waals surface area contributed by atoms with Gasteiger partial charge in [0, 0.05) is 31.7 Å². The number of hydrogen-bond donors (Lipinski definition) is 2. The van der Waals surface area contributed by atoms with Crippen LogP contribution in [0.3, 0.4) is 0 Å². The normalized spacial score (nSPS) is 16.0. The van der Waals surface area contributed by atoms with Gasteiger partial charge in [-0.15, -0.1) is 12.4 Å². The van der Waals surface area contributed by atoms with E-state index in [9.17, 15) is 9.59 Å². The minimum Gasteiger partial charge on any atom is -0.457 e. The van der Waals surface area contributed by atoms with E-state index in [4.69, 9.17) is 10.5 Å². The lowest BCUT2D eigenvalue weighted by Gasteiger charge is -2.32. The Hall–Kier alpha value is -2.57. The van der Waals surface area contributed by atoms with Crippen molar-refractivity contribution in [3.05, 3.63) is 60.2 Å². The minimum absolute atomic E-state index is 0. The molecule has 0 spiro atoms. The van der Waals surface area contributed by atoms with Crippen LogP contribution in [0.15, 0.2) is 54.6 Å². The largest absolute Gasteiger partial charge is 0.457 e. The van der Waals surface area contributed by atoms with Crippen LogP contribution >= 0.6 is 12.4 Å². The van der Waals surface area contributed by atoms with Crippen LogP contribution in [-0.2, 0) is 4.79 Å². The summed E-state index contributed by atoms with van der Waals surface area (Å²) < 4.78 is 5.76. The van der Waals surface area contributed by atoms with Crippen LogP contribution in [0, 0.1) is 5.92 Å². The van der Waals surface area contributed by atoms with Gasteiger partial charge >= 0.3 is 0 Å². The van der Waals surface area contributed by atoms with E-state index in [-0.39, 0.29) is 30.1 Å². The molecule has 2 aromatic carbocycles. The zero-order valence-corrected chi connectivity index (χ0v) is 16.5. The second-order valence-electron chi connectivity index (χ2n) is 6.61. The zero-order valence-electron chi connectivity index (χ0n) is 15.7. The van der Waals surface area contributed by atoms with Crippen molar-refractivity contribution in [2.45, 2.75) is 12.8 Å². The maximum absolute atomic E-state index is 12.8. The Bertz CT molecular complexity index is 768. The maximum Gasteiger partial charge on any atom is 0.253 e. The number of benzene rings is 2. The lowest BCUT2D eigenvalue weighted by atomic mass is 9.96. The van der Waals surface area contributed by atoms with E-state index in [1.54, 1.807) is 29.2 Å². The molecule has 3 N–H and O–H groups in total. The Kier molecular flexibility index (Phi) is 8.29. The standard InChI is InChI=1S/C21H25N3O3.ClH/c22-12-13-23-20(25)17-5-4-14-24(15-17)21(26)16-8-10-19(11-9-16)27-18-6-2-1-3-7-18;/h1-3,6-11,17H,4-5,12-15,22H2,(H,23,25);1H. The van der Waals surface area contributed by atoms with Crippen molar-refractivity contribution < 1.29 is 14.3 Å². The number of halogens is 1. The number of nitrogens with two attached hydrogens (primary N) is 1. The summed E-state index contributed by atoms with van der Waals surface area (Å²) in [6, 6.07) is 16.6. The first-order valence-electron chi connectivity index (χ1n) is 9.27. The molecule has 2 aromatic rings. The van der Waals surface area contributed by atoms with Crippen LogP contribution in [0.1, 0.15) is 23.2 Å². The fraction of sp³-hybridized carbons (Fsp3) is 0.333. The van der Waals surface area contributed by atoms with Gasteiger partial charge in [-0.25, -0.2) is 0 Å². The molecule has 7 heteroatoms. The van der Waals surface area contributed by atoms with Crippen molar-refractivity contribution in [1.82, 2.24) is 10.2 Å². The number of piperidine rings is 1. The van der Waals surface area contributed by atoms with Gasteiger partial charge in [-0.3, -0.25) is 9.59 Å². The third-order valence-electron chi connectivity index (χ3n) is 4.60. The predicted octanol–water partition coefficient (Wildman–Crippen LogP) is 2.83. The van der Waals surface area contributed by atoms with Gasteiger partial charge in [-0.1, -0.05) is 18.2 Å². The monoisotopic (exact) mass is 403 g/mol. The highest BCUT2D eigenvalue weighted by Crippen LogP contribution is 2.23.